The Balaban J connectivity index is 2.58. The number of carboxylic acids is 1. The van der Waals surface area contributed by atoms with E-state index in [1.165, 1.54) is 0 Å². The van der Waals surface area contributed by atoms with Crippen molar-refractivity contribution in [2.45, 2.75) is 18.7 Å². The molecule has 1 unspecified atom stereocenters. The smallest absolute Gasteiger partial charge is 0.322 e. The zero-order chi connectivity index (χ0) is 9.14. The summed E-state index contributed by atoms with van der Waals surface area (Å²) in [6.07, 6.45) is 0.0533. The van der Waals surface area contributed by atoms with Crippen LogP contribution < -0.4 is 0 Å². The Morgan fingerprint density at radius 1 is 1.83 bits per heavy atom. The Morgan fingerprint density at radius 3 is 2.92 bits per heavy atom. The van der Waals surface area contributed by atoms with Crippen molar-refractivity contribution in [3.05, 3.63) is 11.7 Å². The molecule has 0 aliphatic carbocycles. The molecule has 1 aromatic rings. The lowest BCUT2D eigenvalue weighted by atomic mass is 10.3. The molecule has 0 aromatic carbocycles. The minimum Gasteiger partial charge on any atom is -0.480 e. The van der Waals surface area contributed by atoms with Crippen LogP contribution in [0.15, 0.2) is 4.52 Å². The van der Waals surface area contributed by atoms with Crippen LogP contribution in [0.5, 0.6) is 0 Å². The topological polar surface area (TPSA) is 76.2 Å². The van der Waals surface area contributed by atoms with E-state index >= 15 is 0 Å². The van der Waals surface area contributed by atoms with Crippen LogP contribution in [0.25, 0.3) is 0 Å². The summed E-state index contributed by atoms with van der Waals surface area (Å²) in [4.78, 5) is 14.1. The second kappa shape index (κ2) is 3.53. The van der Waals surface area contributed by atoms with Gasteiger partial charge in [-0.1, -0.05) is 5.16 Å². The monoisotopic (exact) mass is 190 g/mol. The molecule has 0 saturated heterocycles. The molecule has 66 valence electrons. The molecule has 0 fully saturated rings. The Hall–Kier alpha value is -1.10. The molecule has 12 heavy (non-hydrogen) atoms. The Morgan fingerprint density at radius 2 is 2.50 bits per heavy atom. The number of carboxylic acid groups (broad SMARTS) is 1. The maximum atomic E-state index is 10.3. The number of alkyl halides is 1. The van der Waals surface area contributed by atoms with Gasteiger partial charge in [0.1, 0.15) is 5.38 Å². The predicted molar refractivity (Wildman–Crippen MR) is 40.0 cm³/mol. The summed E-state index contributed by atoms with van der Waals surface area (Å²) in [6, 6.07) is 0. The van der Waals surface area contributed by atoms with E-state index in [2.05, 4.69) is 14.7 Å². The van der Waals surface area contributed by atoms with Crippen LogP contribution in [0.1, 0.15) is 11.7 Å². The lowest BCUT2D eigenvalue weighted by Crippen LogP contribution is -2.16. The normalized spacial score (nSPS) is 12.8. The number of nitrogens with zero attached hydrogens (tertiary/aromatic N) is 2. The number of aromatic nitrogens is 2. The van der Waals surface area contributed by atoms with E-state index in [0.717, 1.165) is 0 Å². The molecule has 0 saturated carbocycles. The summed E-state index contributed by atoms with van der Waals surface area (Å²) in [5.41, 5.74) is 0. The molecule has 0 radical (unpaired) electrons. The van der Waals surface area contributed by atoms with Crippen molar-refractivity contribution in [2.24, 2.45) is 0 Å². The van der Waals surface area contributed by atoms with Crippen molar-refractivity contribution in [2.75, 3.05) is 0 Å². The van der Waals surface area contributed by atoms with E-state index < -0.39 is 11.3 Å². The van der Waals surface area contributed by atoms with Crippen LogP contribution in [0.4, 0.5) is 0 Å². The van der Waals surface area contributed by atoms with E-state index in [9.17, 15) is 4.79 Å². The third-order valence-corrected chi connectivity index (χ3v) is 1.53. The molecule has 5 nitrogen and oxygen atoms in total. The largest absolute Gasteiger partial charge is 0.480 e. The first-order valence-corrected chi connectivity index (χ1v) is 3.69. The fourth-order valence-corrected chi connectivity index (χ4v) is 0.796. The molecule has 6 heteroatoms. The fourth-order valence-electron chi connectivity index (χ4n) is 0.664. The summed E-state index contributed by atoms with van der Waals surface area (Å²) < 4.78 is 4.68. The summed E-state index contributed by atoms with van der Waals surface area (Å²) >= 11 is 5.43. The van der Waals surface area contributed by atoms with Gasteiger partial charge in [0.2, 0.25) is 5.89 Å². The Kier molecular flexibility index (Phi) is 2.65. The number of halogens is 1. The van der Waals surface area contributed by atoms with E-state index in [1.54, 1.807) is 6.92 Å². The maximum absolute atomic E-state index is 10.3. The highest BCUT2D eigenvalue weighted by Gasteiger charge is 2.17. The third-order valence-electron chi connectivity index (χ3n) is 1.19. The average Bonchev–Trinajstić information content (AvgIpc) is 2.35. The van der Waals surface area contributed by atoms with Gasteiger partial charge in [0.25, 0.3) is 0 Å². The van der Waals surface area contributed by atoms with E-state index in [1.807, 2.05) is 0 Å². The molecule has 0 bridgehead atoms. The number of carbonyl (C=O) groups is 1. The van der Waals surface area contributed by atoms with Gasteiger partial charge >= 0.3 is 5.97 Å². The molecular formula is C6H7ClN2O3. The van der Waals surface area contributed by atoms with Crippen LogP contribution >= 0.6 is 11.6 Å². The Labute approximate surface area is 73.3 Å². The van der Waals surface area contributed by atoms with Gasteiger partial charge in [0.05, 0.1) is 6.42 Å². The van der Waals surface area contributed by atoms with Crippen molar-refractivity contribution < 1.29 is 14.4 Å². The first-order chi connectivity index (χ1) is 5.59. The Bertz CT molecular complexity index is 286. The van der Waals surface area contributed by atoms with Gasteiger partial charge in [0, 0.05) is 0 Å². The molecule has 1 aromatic heterocycles. The van der Waals surface area contributed by atoms with Crippen molar-refractivity contribution in [3.63, 3.8) is 0 Å². The van der Waals surface area contributed by atoms with Gasteiger partial charge in [-0.05, 0) is 6.92 Å². The molecule has 0 aliphatic heterocycles. The molecule has 1 rings (SSSR count). The van der Waals surface area contributed by atoms with Gasteiger partial charge in [-0.15, -0.1) is 11.6 Å². The highest BCUT2D eigenvalue weighted by Crippen LogP contribution is 2.05. The lowest BCUT2D eigenvalue weighted by Gasteiger charge is -1.97. The van der Waals surface area contributed by atoms with E-state index in [-0.39, 0.29) is 12.3 Å². The first-order valence-electron chi connectivity index (χ1n) is 3.25. The molecule has 1 N–H and O–H groups in total. The van der Waals surface area contributed by atoms with E-state index in [4.69, 9.17) is 16.7 Å². The zero-order valence-corrected chi connectivity index (χ0v) is 7.08. The third kappa shape index (κ3) is 2.20. The molecule has 1 atom stereocenters. The van der Waals surface area contributed by atoms with Crippen LogP contribution in [-0.2, 0) is 11.2 Å². The van der Waals surface area contributed by atoms with Gasteiger partial charge in [-0.25, -0.2) is 0 Å². The highest BCUT2D eigenvalue weighted by molar-refractivity contribution is 6.29. The van der Waals surface area contributed by atoms with Gasteiger partial charge in [-0.2, -0.15) is 4.98 Å². The van der Waals surface area contributed by atoms with Crippen LogP contribution in [0, 0.1) is 6.92 Å². The average molecular weight is 191 g/mol. The van der Waals surface area contributed by atoms with Crippen molar-refractivity contribution in [1.82, 2.24) is 10.1 Å². The molecule has 0 aliphatic rings. The molecular weight excluding hydrogens is 184 g/mol. The molecule has 0 spiro atoms. The second-order valence-corrected chi connectivity index (χ2v) is 2.77. The molecule has 0 amide bonds. The summed E-state index contributed by atoms with van der Waals surface area (Å²) in [7, 11) is 0. The first kappa shape index (κ1) is 8.99. The number of aliphatic carboxylic acids is 1. The van der Waals surface area contributed by atoms with Crippen LogP contribution in [-0.4, -0.2) is 26.6 Å². The zero-order valence-electron chi connectivity index (χ0n) is 6.32. The van der Waals surface area contributed by atoms with Gasteiger partial charge < -0.3 is 9.63 Å². The maximum Gasteiger partial charge on any atom is 0.322 e. The van der Waals surface area contributed by atoms with Gasteiger partial charge in [0.15, 0.2) is 5.82 Å². The summed E-state index contributed by atoms with van der Waals surface area (Å²) in [5.74, 6) is -0.373. The van der Waals surface area contributed by atoms with Crippen molar-refractivity contribution in [3.8, 4) is 0 Å². The summed E-state index contributed by atoms with van der Waals surface area (Å²) in [5, 5.41) is 10.9. The van der Waals surface area contributed by atoms with Gasteiger partial charge in [-0.3, -0.25) is 4.79 Å². The number of hydrogen-bond donors (Lipinski definition) is 1. The standard InChI is InChI=1S/C6H7ClN2O3/c1-3-8-5(12-9-3)2-4(7)6(10)11/h4H,2H2,1H3,(H,10,11). The fraction of sp³-hybridized carbons (Fsp3) is 0.500. The van der Waals surface area contributed by atoms with Crippen molar-refractivity contribution in [1.29, 1.82) is 0 Å². The second-order valence-electron chi connectivity index (χ2n) is 2.25. The van der Waals surface area contributed by atoms with Crippen LogP contribution in [0.2, 0.25) is 0 Å². The number of rotatable bonds is 3. The van der Waals surface area contributed by atoms with E-state index in [0.29, 0.717) is 5.82 Å². The quantitative estimate of drug-likeness (QED) is 0.707. The van der Waals surface area contributed by atoms with Crippen LogP contribution in [0.3, 0.4) is 0 Å². The minimum absolute atomic E-state index is 0.0533. The number of hydrogen-bond acceptors (Lipinski definition) is 4. The number of aryl methyl sites for hydroxylation is 1. The predicted octanol–water partition coefficient (Wildman–Crippen LogP) is 0.613. The SMILES string of the molecule is Cc1noc(CC(Cl)C(=O)O)n1. The lowest BCUT2D eigenvalue weighted by molar-refractivity contribution is -0.136. The molecule has 1 heterocycles. The highest BCUT2D eigenvalue weighted by atomic mass is 35.5. The minimum atomic E-state index is -1.09. The van der Waals surface area contributed by atoms with Crippen molar-refractivity contribution >= 4 is 17.6 Å². The summed E-state index contributed by atoms with van der Waals surface area (Å²) in [6.45, 7) is 1.65.